The Bertz CT molecular complexity index is 2150. The molecule has 38 nitrogen and oxygen atoms in total. The molecule has 15 rings (SSSR count). The van der Waals surface area contributed by atoms with Crippen LogP contribution in [0.1, 0.15) is 12.8 Å². The van der Waals surface area contributed by atoms with Crippen LogP contribution in [0, 0.1) is 0 Å². The highest BCUT2D eigenvalue weighted by Gasteiger charge is 2.60. The lowest BCUT2D eigenvalue weighted by atomic mass is 9.95. The Morgan fingerprint density at radius 2 is 0.471 bits per heavy atom. The molecule has 85 heavy (non-hydrogen) atoms. The Morgan fingerprint density at radius 3 is 0.682 bits per heavy atom. The van der Waals surface area contributed by atoms with Gasteiger partial charge in [0.25, 0.3) is 10.1 Å². The molecule has 35 atom stereocenters. The second-order valence-corrected chi connectivity index (χ2v) is 23.1. The van der Waals surface area contributed by atoms with Gasteiger partial charge in [0.15, 0.2) is 44.0 Å². The van der Waals surface area contributed by atoms with Crippen molar-refractivity contribution in [3.8, 4) is 0 Å². The molecular weight excluding hydrogens is 1190 g/mol. The molecule has 0 aromatic heterocycles. The summed E-state index contributed by atoms with van der Waals surface area (Å²) >= 11 is 0. The van der Waals surface area contributed by atoms with Crippen LogP contribution in [0.5, 0.6) is 0 Å². The number of fused-ring (bicyclic) bond motifs is 7. The minimum atomic E-state index is -4.46. The molecule has 0 amide bonds. The molecule has 15 aliphatic heterocycles. The molecule has 0 radical (unpaired) electrons. The van der Waals surface area contributed by atoms with E-state index < -0.39 is 284 Å². The number of aliphatic hydroxyl groups excluding tert-OH is 20. The van der Waals surface area contributed by atoms with E-state index in [0.29, 0.717) is 0 Å². The summed E-state index contributed by atoms with van der Waals surface area (Å²) in [5, 5.41) is 222. The molecule has 15 fully saturated rings. The third-order valence-electron chi connectivity index (χ3n) is 15.9. The Morgan fingerprint density at radius 1 is 0.271 bits per heavy atom. The van der Waals surface area contributed by atoms with Gasteiger partial charge in [0, 0.05) is 6.61 Å². The molecule has 0 unspecified atom stereocenters. The molecular formula is C46H78O38S. The summed E-state index contributed by atoms with van der Waals surface area (Å²) in [6, 6.07) is 0. The second kappa shape index (κ2) is 29.9. The van der Waals surface area contributed by atoms with Crippen LogP contribution in [0.25, 0.3) is 0 Å². The van der Waals surface area contributed by atoms with Crippen molar-refractivity contribution in [3.63, 3.8) is 0 Å². The zero-order chi connectivity index (χ0) is 62.1. The summed E-state index contributed by atoms with van der Waals surface area (Å²) in [5.41, 5.74) is 0. The van der Waals surface area contributed by atoms with Crippen molar-refractivity contribution in [2.24, 2.45) is 0 Å². The smallest absolute Gasteiger partial charge is 0.264 e. The maximum atomic E-state index is 12.0. The first-order valence-electron chi connectivity index (χ1n) is 27.2. The van der Waals surface area contributed by atoms with Crippen molar-refractivity contribution in [3.05, 3.63) is 0 Å². The van der Waals surface area contributed by atoms with Crippen LogP contribution in [-0.2, 0) is 81.2 Å². The van der Waals surface area contributed by atoms with Gasteiger partial charge in [0.1, 0.15) is 171 Å². The summed E-state index contributed by atoms with van der Waals surface area (Å²) in [6.07, 6.45) is -71.2. The lowest BCUT2D eigenvalue weighted by Crippen LogP contribution is -2.68. The summed E-state index contributed by atoms with van der Waals surface area (Å²) < 4.78 is 119. The Kier molecular flexibility index (Phi) is 24.4. The fourth-order valence-corrected chi connectivity index (χ4v) is 11.8. The predicted octanol–water partition coefficient (Wildman–Crippen LogP) is -14.5. The Balaban J connectivity index is 1.10. The van der Waals surface area contributed by atoms with Crippen molar-refractivity contribution in [1.82, 2.24) is 0 Å². The van der Waals surface area contributed by atoms with E-state index in [2.05, 4.69) is 0 Å². The van der Waals surface area contributed by atoms with Gasteiger partial charge in [0.2, 0.25) is 0 Å². The fourth-order valence-electron chi connectivity index (χ4n) is 11.2. The van der Waals surface area contributed by atoms with Gasteiger partial charge in [-0.15, -0.1) is 0 Å². The quantitative estimate of drug-likeness (QED) is 0.0601. The molecule has 0 saturated carbocycles. The van der Waals surface area contributed by atoms with Gasteiger partial charge in [-0.1, -0.05) is 0 Å². The summed E-state index contributed by atoms with van der Waals surface area (Å²) in [7, 11) is -4.46. The van der Waals surface area contributed by atoms with Gasteiger partial charge in [-0.3, -0.25) is 4.55 Å². The van der Waals surface area contributed by atoms with E-state index in [4.69, 9.17) is 71.1 Å². The topological polar surface area (TPSA) is 597 Å². The standard InChI is InChI=1S/C46H78O38S/c47-5-12-32-19(54)25(60)41(71-12)79-34-14(7-49)73-43(27(62)21(34)56)81-36-16(9-51)75-45(29(64)23(36)58)83-38-18(11-53)77-46(39(31(38)66)70-3-1-2-4-85(67,68)69)84-37-17(10-52)76-44(30(65)24(37)59)82-35-15(8-50)74-42(28(63)22(35)57)80-33-13(6-48)72-40(78-32)26(61)20(33)55/h12-66H,1-11H2,(H,67,68,69)/t12-,13-,14-,15-,16-,17-,18-,19-,20-,21-,22-,23-,24-,25-,26-,27-,28-,29-,30-,31+,32-,33-,34-,35-,36-,37-,38-,39-,40-,41-,42-,43-,44-,45-,46-/m1/s1. The first-order valence-corrected chi connectivity index (χ1v) is 28.8. The molecule has 15 aliphatic rings. The van der Waals surface area contributed by atoms with Gasteiger partial charge < -0.3 is 173 Å². The van der Waals surface area contributed by atoms with Crippen molar-refractivity contribution in [2.45, 2.75) is 228 Å². The fraction of sp³-hybridized carbons (Fsp3) is 1.00. The molecule has 14 bridgehead atoms. The zero-order valence-corrected chi connectivity index (χ0v) is 45.5. The maximum absolute atomic E-state index is 12.0. The van der Waals surface area contributed by atoms with E-state index in [-0.39, 0.29) is 12.8 Å². The van der Waals surface area contributed by atoms with Gasteiger partial charge in [0.05, 0.1) is 52.0 Å². The van der Waals surface area contributed by atoms with Crippen molar-refractivity contribution < 1.29 is 186 Å². The van der Waals surface area contributed by atoms with Crippen LogP contribution in [-0.4, -0.2) is 389 Å². The van der Waals surface area contributed by atoms with Crippen LogP contribution >= 0.6 is 0 Å². The van der Waals surface area contributed by atoms with Crippen LogP contribution in [0.2, 0.25) is 0 Å². The first-order chi connectivity index (χ1) is 40.3. The largest absolute Gasteiger partial charge is 0.394 e. The predicted molar refractivity (Wildman–Crippen MR) is 258 cm³/mol. The minimum Gasteiger partial charge on any atom is -0.394 e. The number of ether oxygens (including phenoxy) is 15. The average molecular weight is 1270 g/mol. The molecule has 496 valence electrons. The van der Waals surface area contributed by atoms with Crippen LogP contribution in [0.4, 0.5) is 0 Å². The zero-order valence-electron chi connectivity index (χ0n) is 44.7. The molecule has 0 aromatic rings. The monoisotopic (exact) mass is 1270 g/mol. The lowest BCUT2D eigenvalue weighted by Gasteiger charge is -2.50. The summed E-state index contributed by atoms with van der Waals surface area (Å²) in [5.74, 6) is -0.731. The highest BCUT2D eigenvalue weighted by atomic mass is 32.2. The molecule has 0 aliphatic carbocycles. The molecule has 0 aromatic carbocycles. The lowest BCUT2D eigenvalue weighted by molar-refractivity contribution is -0.398. The van der Waals surface area contributed by atoms with E-state index >= 15 is 0 Å². The van der Waals surface area contributed by atoms with E-state index in [0.717, 1.165) is 0 Å². The maximum Gasteiger partial charge on any atom is 0.264 e. The van der Waals surface area contributed by atoms with E-state index in [1.807, 2.05) is 0 Å². The summed E-state index contributed by atoms with van der Waals surface area (Å²) in [4.78, 5) is 0. The van der Waals surface area contributed by atoms with Crippen molar-refractivity contribution in [2.75, 3.05) is 58.6 Å². The number of unbranched alkanes of at least 4 members (excludes halogenated alkanes) is 1. The highest BCUT2D eigenvalue weighted by Crippen LogP contribution is 2.39. The van der Waals surface area contributed by atoms with Crippen LogP contribution in [0.15, 0.2) is 0 Å². The normalized spacial score (nSPS) is 51.5. The molecule has 15 heterocycles. The van der Waals surface area contributed by atoms with Gasteiger partial charge in [-0.2, -0.15) is 8.42 Å². The van der Waals surface area contributed by atoms with E-state index in [9.17, 15) is 115 Å². The molecule has 0 spiro atoms. The van der Waals surface area contributed by atoms with Crippen molar-refractivity contribution >= 4 is 10.1 Å². The van der Waals surface area contributed by atoms with Gasteiger partial charge in [-0.25, -0.2) is 0 Å². The average Bonchev–Trinajstić information content (AvgIpc) is 1.34. The summed E-state index contributed by atoms with van der Waals surface area (Å²) in [6.45, 7) is -7.98. The van der Waals surface area contributed by atoms with Crippen molar-refractivity contribution in [1.29, 1.82) is 0 Å². The SMILES string of the molecule is O=S(=O)(O)CCCCO[C@H]1[C@H]2O[C@H]3[C@H](O)[C@@H](O)[C@@H](O[C@H]4[C@H](O)[C@@H](O)[C@@H](O[C@H]5[C@H](O)[C@@H](O)[C@@H](O[C@H]6[C@H](O)[C@@H](O)[C@@H](O[C@H]7[C@H](O)[C@@H](O)[C@@H](O[C@H]8[C@H](O)[C@@H](O)[C@@H](O[C@@H]([C@@H]1O)[C@@H](CO)O2)O[C@@H]8CO)O[C@@H]7CO)O[C@@H]6CO)O[C@@H]5CO)O[C@@H]4CO)O[C@@H]3CO. The highest BCUT2D eigenvalue weighted by molar-refractivity contribution is 7.85. The minimum absolute atomic E-state index is 0.143. The third kappa shape index (κ3) is 14.9. The Hall–Kier alpha value is -1.49. The second-order valence-electron chi connectivity index (χ2n) is 21.5. The first kappa shape index (κ1) is 69.4. The molecule has 15 saturated heterocycles. The third-order valence-corrected chi connectivity index (χ3v) is 16.7. The molecule has 39 heteroatoms. The van der Waals surface area contributed by atoms with Gasteiger partial charge in [-0.05, 0) is 12.8 Å². The van der Waals surface area contributed by atoms with Crippen LogP contribution in [0.3, 0.4) is 0 Å². The number of aliphatic hydroxyl groups is 20. The van der Waals surface area contributed by atoms with Crippen LogP contribution < -0.4 is 0 Å². The number of hydrogen-bond acceptors (Lipinski definition) is 37. The number of rotatable bonds is 13. The molecule has 21 N–H and O–H groups in total. The van der Waals surface area contributed by atoms with E-state index in [1.54, 1.807) is 0 Å². The number of hydrogen-bond donors (Lipinski definition) is 21. The Labute approximate surface area is 481 Å². The van der Waals surface area contributed by atoms with E-state index in [1.165, 1.54) is 0 Å². The van der Waals surface area contributed by atoms with Gasteiger partial charge >= 0.3 is 0 Å².